The van der Waals surface area contributed by atoms with E-state index in [1.807, 2.05) is 7.05 Å². The number of ether oxygens (including phenoxy) is 1. The molecule has 0 spiro atoms. The van der Waals surface area contributed by atoms with Gasteiger partial charge < -0.3 is 15.4 Å². The molecule has 19 heavy (non-hydrogen) atoms. The Morgan fingerprint density at radius 1 is 1.42 bits per heavy atom. The molecule has 1 aliphatic heterocycles. The van der Waals surface area contributed by atoms with E-state index in [2.05, 4.69) is 15.9 Å². The number of rotatable bonds is 3. The van der Waals surface area contributed by atoms with Crippen LogP contribution in [0.2, 0.25) is 0 Å². The average molecular weight is 327 g/mol. The standard InChI is InChI=1S/C14H19BrN2O2/c1-17(9-10-2-4-19-5-3-10)14(18)11-6-12(15)8-13(16)7-11/h6-8,10H,2-5,9,16H2,1H3. The summed E-state index contributed by atoms with van der Waals surface area (Å²) in [5, 5.41) is 0. The van der Waals surface area contributed by atoms with E-state index >= 15 is 0 Å². The highest BCUT2D eigenvalue weighted by atomic mass is 79.9. The van der Waals surface area contributed by atoms with Gasteiger partial charge in [0.2, 0.25) is 0 Å². The molecule has 1 heterocycles. The highest BCUT2D eigenvalue weighted by Gasteiger charge is 2.19. The van der Waals surface area contributed by atoms with Crippen LogP contribution in [0.4, 0.5) is 5.69 Å². The third-order valence-electron chi connectivity index (χ3n) is 3.39. The van der Waals surface area contributed by atoms with E-state index in [9.17, 15) is 4.79 Å². The van der Waals surface area contributed by atoms with E-state index in [1.165, 1.54) is 0 Å². The highest BCUT2D eigenvalue weighted by molar-refractivity contribution is 9.10. The van der Waals surface area contributed by atoms with Gasteiger partial charge in [0.05, 0.1) is 0 Å². The fraction of sp³-hybridized carbons (Fsp3) is 0.500. The molecule has 0 aliphatic carbocycles. The molecule has 1 aliphatic rings. The Hall–Kier alpha value is -1.07. The maximum absolute atomic E-state index is 12.3. The summed E-state index contributed by atoms with van der Waals surface area (Å²) in [5.41, 5.74) is 6.99. The van der Waals surface area contributed by atoms with Gasteiger partial charge in [0.1, 0.15) is 0 Å². The molecule has 1 amide bonds. The van der Waals surface area contributed by atoms with E-state index in [1.54, 1.807) is 23.1 Å². The number of anilines is 1. The van der Waals surface area contributed by atoms with Gasteiger partial charge >= 0.3 is 0 Å². The minimum absolute atomic E-state index is 0.0134. The smallest absolute Gasteiger partial charge is 0.253 e. The van der Waals surface area contributed by atoms with Crippen molar-refractivity contribution < 1.29 is 9.53 Å². The molecule has 2 N–H and O–H groups in total. The molecule has 1 aromatic rings. The second kappa shape index (κ2) is 6.39. The number of nitrogens with two attached hydrogens (primary N) is 1. The first-order chi connectivity index (χ1) is 9.06. The minimum atomic E-state index is 0.0134. The Morgan fingerprint density at radius 2 is 2.11 bits per heavy atom. The number of amides is 1. The third kappa shape index (κ3) is 3.94. The van der Waals surface area contributed by atoms with Crippen LogP contribution in [-0.2, 0) is 4.74 Å². The van der Waals surface area contributed by atoms with Crippen LogP contribution in [-0.4, -0.2) is 37.6 Å². The van der Waals surface area contributed by atoms with Crippen molar-refractivity contribution in [2.45, 2.75) is 12.8 Å². The largest absolute Gasteiger partial charge is 0.399 e. The maximum Gasteiger partial charge on any atom is 0.253 e. The Bertz CT molecular complexity index is 439. The summed E-state index contributed by atoms with van der Waals surface area (Å²) >= 11 is 3.36. The first kappa shape index (κ1) is 14.3. The van der Waals surface area contributed by atoms with Gasteiger partial charge in [0.15, 0.2) is 0 Å². The van der Waals surface area contributed by atoms with E-state index in [-0.39, 0.29) is 5.91 Å². The van der Waals surface area contributed by atoms with Crippen molar-refractivity contribution in [3.8, 4) is 0 Å². The summed E-state index contributed by atoms with van der Waals surface area (Å²) in [6.45, 7) is 2.38. The zero-order valence-corrected chi connectivity index (χ0v) is 12.6. The zero-order chi connectivity index (χ0) is 13.8. The lowest BCUT2D eigenvalue weighted by atomic mass is 9.99. The number of nitrogens with zero attached hydrogens (tertiary/aromatic N) is 1. The molecule has 4 nitrogen and oxygen atoms in total. The molecule has 0 aromatic heterocycles. The number of carbonyl (C=O) groups excluding carboxylic acids is 1. The lowest BCUT2D eigenvalue weighted by Gasteiger charge is -2.27. The SMILES string of the molecule is CN(CC1CCOCC1)C(=O)c1cc(N)cc(Br)c1. The second-order valence-corrected chi connectivity index (χ2v) is 5.93. The lowest BCUT2D eigenvalue weighted by molar-refractivity contribution is 0.0497. The summed E-state index contributed by atoms with van der Waals surface area (Å²) in [4.78, 5) is 14.1. The maximum atomic E-state index is 12.3. The first-order valence-corrected chi connectivity index (χ1v) is 7.25. The summed E-state index contributed by atoms with van der Waals surface area (Å²) in [7, 11) is 1.84. The van der Waals surface area contributed by atoms with Crippen LogP contribution in [0.25, 0.3) is 0 Å². The molecule has 1 aromatic carbocycles. The fourth-order valence-corrected chi connectivity index (χ4v) is 2.87. The predicted octanol–water partition coefficient (Wildman–Crippen LogP) is 2.53. The van der Waals surface area contributed by atoms with Crippen molar-refractivity contribution in [1.82, 2.24) is 4.90 Å². The molecule has 2 rings (SSSR count). The van der Waals surface area contributed by atoms with Crippen LogP contribution < -0.4 is 5.73 Å². The quantitative estimate of drug-likeness (QED) is 0.868. The summed E-state index contributed by atoms with van der Waals surface area (Å²) in [5.74, 6) is 0.548. The van der Waals surface area contributed by atoms with Gasteiger partial charge in [0, 0.05) is 42.5 Å². The molecular weight excluding hydrogens is 308 g/mol. The molecule has 0 unspecified atom stereocenters. The van der Waals surface area contributed by atoms with Crippen LogP contribution in [0.5, 0.6) is 0 Å². The summed E-state index contributed by atoms with van der Waals surface area (Å²) < 4.78 is 6.16. The molecule has 5 heteroatoms. The van der Waals surface area contributed by atoms with Gasteiger partial charge in [-0.3, -0.25) is 4.79 Å². The van der Waals surface area contributed by atoms with E-state index in [4.69, 9.17) is 10.5 Å². The number of benzene rings is 1. The van der Waals surface area contributed by atoms with Crippen LogP contribution in [0.15, 0.2) is 22.7 Å². The van der Waals surface area contributed by atoms with Gasteiger partial charge in [-0.25, -0.2) is 0 Å². The van der Waals surface area contributed by atoms with Crippen LogP contribution in [0.3, 0.4) is 0 Å². The van der Waals surface area contributed by atoms with Crippen LogP contribution in [0, 0.1) is 5.92 Å². The molecule has 104 valence electrons. The number of hydrogen-bond acceptors (Lipinski definition) is 3. The van der Waals surface area contributed by atoms with Crippen molar-refractivity contribution >= 4 is 27.5 Å². The molecule has 0 bridgehead atoms. The second-order valence-electron chi connectivity index (χ2n) is 5.01. The van der Waals surface area contributed by atoms with Gasteiger partial charge in [-0.1, -0.05) is 15.9 Å². The molecule has 0 radical (unpaired) electrons. The van der Waals surface area contributed by atoms with Gasteiger partial charge in [-0.2, -0.15) is 0 Å². The summed E-state index contributed by atoms with van der Waals surface area (Å²) in [6, 6.07) is 5.31. The summed E-state index contributed by atoms with van der Waals surface area (Å²) in [6.07, 6.45) is 2.05. The number of nitrogen functional groups attached to an aromatic ring is 1. The molecule has 0 saturated carbocycles. The van der Waals surface area contributed by atoms with Crippen molar-refractivity contribution in [3.05, 3.63) is 28.2 Å². The lowest BCUT2D eigenvalue weighted by Crippen LogP contribution is -2.34. The number of hydrogen-bond donors (Lipinski definition) is 1. The Labute approximate surface area is 122 Å². The predicted molar refractivity (Wildman–Crippen MR) is 79.1 cm³/mol. The topological polar surface area (TPSA) is 55.6 Å². The first-order valence-electron chi connectivity index (χ1n) is 6.45. The Morgan fingerprint density at radius 3 is 2.74 bits per heavy atom. The molecule has 1 fully saturated rings. The minimum Gasteiger partial charge on any atom is -0.399 e. The number of carbonyl (C=O) groups is 1. The van der Waals surface area contributed by atoms with E-state index < -0.39 is 0 Å². The number of halogens is 1. The monoisotopic (exact) mass is 326 g/mol. The Kier molecular flexibility index (Phi) is 4.82. The van der Waals surface area contributed by atoms with Crippen LogP contribution in [0.1, 0.15) is 23.2 Å². The van der Waals surface area contributed by atoms with Gasteiger partial charge in [0.25, 0.3) is 5.91 Å². The average Bonchev–Trinajstić information content (AvgIpc) is 2.37. The highest BCUT2D eigenvalue weighted by Crippen LogP contribution is 2.20. The van der Waals surface area contributed by atoms with Crippen molar-refractivity contribution in [3.63, 3.8) is 0 Å². The fourth-order valence-electron chi connectivity index (χ4n) is 2.36. The van der Waals surface area contributed by atoms with Gasteiger partial charge in [-0.05, 0) is 37.0 Å². The van der Waals surface area contributed by atoms with Gasteiger partial charge in [-0.15, -0.1) is 0 Å². The van der Waals surface area contributed by atoms with Crippen molar-refractivity contribution in [1.29, 1.82) is 0 Å². The van der Waals surface area contributed by atoms with Crippen molar-refractivity contribution in [2.24, 2.45) is 5.92 Å². The Balaban J connectivity index is 2.01. The van der Waals surface area contributed by atoms with Crippen LogP contribution >= 0.6 is 15.9 Å². The normalized spacial score (nSPS) is 16.3. The molecule has 1 saturated heterocycles. The third-order valence-corrected chi connectivity index (χ3v) is 3.84. The molecular formula is C14H19BrN2O2. The van der Waals surface area contributed by atoms with E-state index in [0.717, 1.165) is 37.1 Å². The zero-order valence-electron chi connectivity index (χ0n) is 11.1. The molecule has 0 atom stereocenters. The van der Waals surface area contributed by atoms with E-state index in [0.29, 0.717) is 17.2 Å². The van der Waals surface area contributed by atoms with Crippen molar-refractivity contribution in [2.75, 3.05) is 32.5 Å².